The summed E-state index contributed by atoms with van der Waals surface area (Å²) < 4.78 is 12.5. The number of anilines is 1. The van der Waals surface area contributed by atoms with Crippen molar-refractivity contribution in [2.75, 3.05) is 18.5 Å². The summed E-state index contributed by atoms with van der Waals surface area (Å²) in [5, 5.41) is 2.56. The zero-order valence-corrected chi connectivity index (χ0v) is 16.0. The standard InChI is InChI=1S/C21H21N3O5/c1-22-20(26)18-13-24(15-8-3-4-9-16(15)28-18)19(25)11-6-12-23-14-7-2-5-10-17(14)29-21(23)27/h2-5,7-10,18H,6,11-13H2,1H3,(H,22,26)/t18-/m0/s1. The van der Waals surface area contributed by atoms with E-state index in [1.165, 1.54) is 11.6 Å². The minimum absolute atomic E-state index is 0.129. The number of nitrogens with one attached hydrogen (secondary N) is 1. The monoisotopic (exact) mass is 395 g/mol. The van der Waals surface area contributed by atoms with Crippen LogP contribution < -0.4 is 20.7 Å². The Morgan fingerprint density at radius 2 is 1.90 bits per heavy atom. The highest BCUT2D eigenvalue weighted by atomic mass is 16.5. The van der Waals surface area contributed by atoms with Gasteiger partial charge < -0.3 is 19.4 Å². The fraction of sp³-hybridized carbons (Fsp3) is 0.286. The van der Waals surface area contributed by atoms with Crippen LogP contribution in [-0.2, 0) is 16.1 Å². The maximum Gasteiger partial charge on any atom is 0.419 e. The Hall–Kier alpha value is -3.55. The van der Waals surface area contributed by atoms with Crippen molar-refractivity contribution in [2.24, 2.45) is 0 Å². The maximum absolute atomic E-state index is 12.9. The van der Waals surface area contributed by atoms with Gasteiger partial charge in [0, 0.05) is 20.0 Å². The number of rotatable bonds is 5. The van der Waals surface area contributed by atoms with Crippen molar-refractivity contribution in [2.45, 2.75) is 25.5 Å². The van der Waals surface area contributed by atoms with Crippen molar-refractivity contribution >= 4 is 28.6 Å². The molecular weight excluding hydrogens is 374 g/mol. The third-order valence-electron chi connectivity index (χ3n) is 4.96. The van der Waals surface area contributed by atoms with Crippen LogP contribution in [0.15, 0.2) is 57.7 Å². The highest BCUT2D eigenvalue weighted by Crippen LogP contribution is 2.33. The summed E-state index contributed by atoms with van der Waals surface area (Å²) in [6.45, 7) is 0.510. The van der Waals surface area contributed by atoms with Crippen molar-refractivity contribution in [1.29, 1.82) is 0 Å². The molecule has 0 unspecified atom stereocenters. The molecule has 0 saturated heterocycles. The van der Waals surface area contributed by atoms with Crippen molar-refractivity contribution in [3.63, 3.8) is 0 Å². The quantitative estimate of drug-likeness (QED) is 0.712. The van der Waals surface area contributed by atoms with Gasteiger partial charge in [0.25, 0.3) is 5.91 Å². The number of para-hydroxylation sites is 4. The fourth-order valence-corrected chi connectivity index (χ4v) is 3.52. The van der Waals surface area contributed by atoms with Crippen LogP contribution in [0.1, 0.15) is 12.8 Å². The van der Waals surface area contributed by atoms with Crippen LogP contribution in [-0.4, -0.2) is 36.1 Å². The molecule has 29 heavy (non-hydrogen) atoms. The van der Waals surface area contributed by atoms with E-state index in [1.807, 2.05) is 18.2 Å². The Balaban J connectivity index is 1.48. The Morgan fingerprint density at radius 1 is 1.14 bits per heavy atom. The molecule has 1 aromatic heterocycles. The van der Waals surface area contributed by atoms with Crippen LogP contribution in [0, 0.1) is 0 Å². The van der Waals surface area contributed by atoms with Gasteiger partial charge in [0.1, 0.15) is 5.75 Å². The summed E-state index contributed by atoms with van der Waals surface area (Å²) in [6, 6.07) is 14.3. The lowest BCUT2D eigenvalue weighted by Crippen LogP contribution is -2.50. The molecule has 0 saturated carbocycles. The Morgan fingerprint density at radius 3 is 2.72 bits per heavy atom. The summed E-state index contributed by atoms with van der Waals surface area (Å²) in [6.07, 6.45) is -0.0769. The molecule has 0 bridgehead atoms. The second-order valence-electron chi connectivity index (χ2n) is 6.78. The number of aryl methyl sites for hydroxylation is 1. The van der Waals surface area contributed by atoms with Crippen molar-refractivity contribution in [3.8, 4) is 5.75 Å². The largest absolute Gasteiger partial charge is 0.477 e. The van der Waals surface area contributed by atoms with Gasteiger partial charge in [-0.05, 0) is 30.7 Å². The first-order chi connectivity index (χ1) is 14.1. The summed E-state index contributed by atoms with van der Waals surface area (Å²) in [5.74, 6) is -0.350. The summed E-state index contributed by atoms with van der Waals surface area (Å²) in [5.41, 5.74) is 1.88. The second kappa shape index (κ2) is 7.83. The smallest absolute Gasteiger partial charge is 0.419 e. The molecule has 0 fully saturated rings. The maximum atomic E-state index is 12.9. The number of hydrogen-bond acceptors (Lipinski definition) is 5. The minimum Gasteiger partial charge on any atom is -0.477 e. The topological polar surface area (TPSA) is 93.8 Å². The van der Waals surface area contributed by atoms with Gasteiger partial charge in [-0.3, -0.25) is 14.2 Å². The molecule has 1 aliphatic rings. The number of benzene rings is 2. The molecule has 2 aromatic carbocycles. The lowest BCUT2D eigenvalue weighted by atomic mass is 10.1. The minimum atomic E-state index is -0.765. The first-order valence-electron chi connectivity index (χ1n) is 9.44. The van der Waals surface area contributed by atoms with Gasteiger partial charge in [0.15, 0.2) is 11.7 Å². The van der Waals surface area contributed by atoms with E-state index in [9.17, 15) is 14.4 Å². The van der Waals surface area contributed by atoms with E-state index in [0.29, 0.717) is 35.5 Å². The molecule has 0 spiro atoms. The number of hydrogen-bond donors (Lipinski definition) is 1. The fourth-order valence-electron chi connectivity index (χ4n) is 3.52. The van der Waals surface area contributed by atoms with Crippen molar-refractivity contribution in [3.05, 3.63) is 59.1 Å². The number of ether oxygens (including phenoxy) is 1. The first-order valence-corrected chi connectivity index (χ1v) is 9.44. The predicted octanol–water partition coefficient (Wildman–Crippen LogP) is 1.91. The van der Waals surface area contributed by atoms with Crippen LogP contribution in [0.2, 0.25) is 0 Å². The van der Waals surface area contributed by atoms with Crippen LogP contribution in [0.5, 0.6) is 5.75 Å². The second-order valence-corrected chi connectivity index (χ2v) is 6.78. The van der Waals surface area contributed by atoms with E-state index in [2.05, 4.69) is 5.32 Å². The number of carbonyl (C=O) groups is 2. The van der Waals surface area contributed by atoms with Gasteiger partial charge in [-0.2, -0.15) is 0 Å². The average Bonchev–Trinajstić information content (AvgIpc) is 3.07. The van der Waals surface area contributed by atoms with Crippen LogP contribution in [0.4, 0.5) is 5.69 Å². The van der Waals surface area contributed by atoms with Crippen LogP contribution in [0.25, 0.3) is 11.1 Å². The molecule has 8 heteroatoms. The third-order valence-corrected chi connectivity index (χ3v) is 4.96. The first kappa shape index (κ1) is 18.8. The number of aromatic nitrogens is 1. The van der Waals surface area contributed by atoms with E-state index in [0.717, 1.165) is 0 Å². The van der Waals surface area contributed by atoms with E-state index < -0.39 is 11.9 Å². The average molecular weight is 395 g/mol. The molecule has 8 nitrogen and oxygen atoms in total. The molecule has 1 atom stereocenters. The van der Waals surface area contributed by atoms with Crippen LogP contribution in [0.3, 0.4) is 0 Å². The van der Waals surface area contributed by atoms with E-state index >= 15 is 0 Å². The molecule has 0 radical (unpaired) electrons. The molecule has 2 heterocycles. The number of oxazole rings is 1. The van der Waals surface area contributed by atoms with Gasteiger partial charge in [-0.15, -0.1) is 0 Å². The highest BCUT2D eigenvalue weighted by molar-refractivity contribution is 5.97. The zero-order valence-electron chi connectivity index (χ0n) is 16.0. The van der Waals surface area contributed by atoms with Crippen LogP contribution >= 0.6 is 0 Å². The third kappa shape index (κ3) is 3.61. The normalized spacial score (nSPS) is 15.6. The van der Waals surface area contributed by atoms with Gasteiger partial charge in [0.2, 0.25) is 5.91 Å². The lowest BCUT2D eigenvalue weighted by Gasteiger charge is -2.34. The number of likely N-dealkylation sites (N-methyl/N-ethyl adjacent to an activating group) is 1. The Kier molecular flexibility index (Phi) is 5.07. The lowest BCUT2D eigenvalue weighted by molar-refractivity contribution is -0.128. The molecule has 1 aliphatic heterocycles. The molecular formula is C21H21N3O5. The van der Waals surface area contributed by atoms with E-state index in [4.69, 9.17) is 9.15 Å². The Bertz CT molecular complexity index is 1120. The molecule has 4 rings (SSSR count). The molecule has 3 aromatic rings. The number of carbonyl (C=O) groups excluding carboxylic acids is 2. The van der Waals surface area contributed by atoms with Gasteiger partial charge >= 0.3 is 5.76 Å². The molecule has 2 amide bonds. The van der Waals surface area contributed by atoms with Gasteiger partial charge in [-0.1, -0.05) is 24.3 Å². The number of nitrogens with zero attached hydrogens (tertiary/aromatic N) is 2. The summed E-state index contributed by atoms with van der Waals surface area (Å²) in [4.78, 5) is 38.6. The highest BCUT2D eigenvalue weighted by Gasteiger charge is 2.33. The summed E-state index contributed by atoms with van der Waals surface area (Å²) >= 11 is 0. The Labute approximate surface area is 166 Å². The van der Waals surface area contributed by atoms with Crippen molar-refractivity contribution < 1.29 is 18.7 Å². The van der Waals surface area contributed by atoms with Gasteiger partial charge in [-0.25, -0.2) is 4.79 Å². The number of amides is 2. The number of fused-ring (bicyclic) bond motifs is 2. The SMILES string of the molecule is CNC(=O)[C@@H]1CN(C(=O)CCCn2c(=O)oc3ccccc32)c2ccccc2O1. The van der Waals surface area contributed by atoms with Crippen molar-refractivity contribution in [1.82, 2.24) is 9.88 Å². The molecule has 1 N–H and O–H groups in total. The molecule has 150 valence electrons. The van der Waals surface area contributed by atoms with E-state index in [1.54, 1.807) is 35.2 Å². The summed E-state index contributed by atoms with van der Waals surface area (Å²) in [7, 11) is 1.53. The van der Waals surface area contributed by atoms with Gasteiger partial charge in [0.05, 0.1) is 17.7 Å². The predicted molar refractivity (Wildman–Crippen MR) is 107 cm³/mol. The zero-order chi connectivity index (χ0) is 20.4. The molecule has 0 aliphatic carbocycles. The van der Waals surface area contributed by atoms with E-state index in [-0.39, 0.29) is 24.8 Å².